The number of hydrogen-bond acceptors (Lipinski definition) is 2. The van der Waals surface area contributed by atoms with Crippen molar-refractivity contribution < 1.29 is 31.2 Å². The van der Waals surface area contributed by atoms with Crippen molar-refractivity contribution in [2.45, 2.75) is 65.2 Å². The Morgan fingerprint density at radius 3 is 1.14 bits per heavy atom. The van der Waals surface area contributed by atoms with Crippen LogP contribution in [0.5, 0.6) is 11.5 Å². The zero-order valence-electron chi connectivity index (χ0n) is 23.2. The molecule has 196 valence electrons. The van der Waals surface area contributed by atoms with Gasteiger partial charge in [-0.3, -0.25) is 0 Å². The smallest absolute Gasteiger partial charge is 0.522 e. The SMILES string of the molecule is CCCCC[c-]1cccc1.CCCCC[c-]1cccc1.COc1cc[c-]cc1.COc1cc[c-]cc1.[Ti+4]. The van der Waals surface area contributed by atoms with Crippen LogP contribution in [0.4, 0.5) is 0 Å². The summed E-state index contributed by atoms with van der Waals surface area (Å²) < 4.78 is 9.79. The molecule has 4 aromatic rings. The van der Waals surface area contributed by atoms with E-state index >= 15 is 0 Å². The number of aryl methyl sites for hydroxylation is 2. The van der Waals surface area contributed by atoms with Crippen molar-refractivity contribution in [1.82, 2.24) is 0 Å². The van der Waals surface area contributed by atoms with E-state index in [4.69, 9.17) is 9.47 Å². The van der Waals surface area contributed by atoms with Gasteiger partial charge in [0.1, 0.15) is 0 Å². The largest absolute Gasteiger partial charge is 4.00 e. The van der Waals surface area contributed by atoms with Crippen molar-refractivity contribution in [2.75, 3.05) is 14.2 Å². The topological polar surface area (TPSA) is 18.5 Å². The van der Waals surface area contributed by atoms with Crippen LogP contribution in [0, 0.1) is 12.1 Å². The Labute approximate surface area is 241 Å². The first-order valence-electron chi connectivity index (χ1n) is 13.1. The van der Waals surface area contributed by atoms with E-state index in [0.29, 0.717) is 0 Å². The quantitative estimate of drug-likeness (QED) is 0.115. The van der Waals surface area contributed by atoms with Gasteiger partial charge >= 0.3 is 21.7 Å². The molecular weight excluding hydrogens is 488 g/mol. The summed E-state index contributed by atoms with van der Waals surface area (Å²) in [6, 6.07) is 37.8. The zero-order chi connectivity index (χ0) is 26.1. The zero-order valence-corrected chi connectivity index (χ0v) is 24.8. The molecule has 0 unspecified atom stereocenters. The summed E-state index contributed by atoms with van der Waals surface area (Å²) in [7, 11) is 3.30. The van der Waals surface area contributed by atoms with Crippen molar-refractivity contribution in [1.29, 1.82) is 0 Å². The first-order valence-corrected chi connectivity index (χ1v) is 13.1. The number of methoxy groups -OCH3 is 2. The molecule has 0 N–H and O–H groups in total. The molecule has 0 saturated heterocycles. The Morgan fingerprint density at radius 1 is 0.568 bits per heavy atom. The molecule has 0 bridgehead atoms. The second-order valence-corrected chi connectivity index (χ2v) is 8.38. The third-order valence-electron chi connectivity index (χ3n) is 5.45. The normalized spacial score (nSPS) is 9.19. The van der Waals surface area contributed by atoms with Crippen LogP contribution in [0.15, 0.2) is 97.1 Å². The van der Waals surface area contributed by atoms with Gasteiger partial charge in [-0.1, -0.05) is 65.2 Å². The third kappa shape index (κ3) is 19.3. The van der Waals surface area contributed by atoms with Gasteiger partial charge in [0.05, 0.1) is 14.2 Å². The summed E-state index contributed by atoms with van der Waals surface area (Å²) in [4.78, 5) is 0. The molecule has 4 aromatic carbocycles. The summed E-state index contributed by atoms with van der Waals surface area (Å²) >= 11 is 0. The second-order valence-electron chi connectivity index (χ2n) is 8.38. The van der Waals surface area contributed by atoms with Crippen molar-refractivity contribution in [3.05, 3.63) is 120 Å². The van der Waals surface area contributed by atoms with E-state index in [1.807, 2.05) is 48.5 Å². The van der Waals surface area contributed by atoms with Crippen molar-refractivity contribution in [3.8, 4) is 11.5 Å². The number of benzene rings is 2. The summed E-state index contributed by atoms with van der Waals surface area (Å²) in [5, 5.41) is 0. The summed E-state index contributed by atoms with van der Waals surface area (Å²) in [5.74, 6) is 1.76. The van der Waals surface area contributed by atoms with E-state index in [1.165, 1.54) is 62.5 Å². The fourth-order valence-corrected chi connectivity index (χ4v) is 3.33. The van der Waals surface area contributed by atoms with Crippen molar-refractivity contribution in [2.24, 2.45) is 0 Å². The number of rotatable bonds is 10. The summed E-state index contributed by atoms with van der Waals surface area (Å²) in [6.07, 6.45) is 10.6. The molecule has 0 amide bonds. The van der Waals surface area contributed by atoms with Gasteiger partial charge in [-0.05, 0) is 0 Å². The summed E-state index contributed by atoms with van der Waals surface area (Å²) in [6.45, 7) is 4.48. The molecular formula is C34H44O2Ti. The molecule has 0 aliphatic rings. The van der Waals surface area contributed by atoms with Crippen molar-refractivity contribution in [3.63, 3.8) is 0 Å². The minimum atomic E-state index is 0. The minimum absolute atomic E-state index is 0. The predicted octanol–water partition coefficient (Wildman–Crippen LogP) is 9.26. The fraction of sp³-hybridized carbons (Fsp3) is 0.353. The molecule has 0 saturated carbocycles. The summed E-state index contributed by atoms with van der Waals surface area (Å²) in [5.41, 5.74) is 2.99. The maximum absolute atomic E-state index is 4.89. The van der Waals surface area contributed by atoms with Crippen LogP contribution < -0.4 is 9.47 Å². The third-order valence-corrected chi connectivity index (χ3v) is 5.45. The Bertz CT molecular complexity index is 837. The second kappa shape index (κ2) is 25.1. The Kier molecular flexibility index (Phi) is 23.4. The van der Waals surface area contributed by atoms with Crippen LogP contribution in [-0.2, 0) is 34.6 Å². The average molecular weight is 533 g/mol. The van der Waals surface area contributed by atoms with Gasteiger partial charge in [0.15, 0.2) is 0 Å². The molecule has 0 fully saturated rings. The monoisotopic (exact) mass is 532 g/mol. The maximum Gasteiger partial charge on any atom is 4.00 e. The maximum atomic E-state index is 4.89. The van der Waals surface area contributed by atoms with Crippen LogP contribution in [0.2, 0.25) is 0 Å². The predicted molar refractivity (Wildman–Crippen MR) is 154 cm³/mol. The Hall–Kier alpha value is -2.55. The molecule has 0 aromatic heterocycles. The van der Waals surface area contributed by atoms with E-state index in [9.17, 15) is 0 Å². The first-order chi connectivity index (χ1) is 17.7. The van der Waals surface area contributed by atoms with Gasteiger partial charge in [-0.25, -0.2) is 24.3 Å². The van der Waals surface area contributed by atoms with Gasteiger partial charge in [0.25, 0.3) is 0 Å². The van der Waals surface area contributed by atoms with Crippen LogP contribution in [0.1, 0.15) is 63.5 Å². The molecule has 0 spiro atoms. The van der Waals surface area contributed by atoms with Gasteiger partial charge < -0.3 is 9.47 Å². The fourth-order valence-electron chi connectivity index (χ4n) is 3.33. The number of ether oxygens (including phenoxy) is 2. The molecule has 0 aliphatic carbocycles. The van der Waals surface area contributed by atoms with Crippen LogP contribution in [0.25, 0.3) is 0 Å². The van der Waals surface area contributed by atoms with Crippen molar-refractivity contribution >= 4 is 0 Å². The van der Waals surface area contributed by atoms with Crippen LogP contribution in [-0.4, -0.2) is 14.2 Å². The standard InChI is InChI=1S/2C10H15.2C7H7O.Ti/c2*1-2-3-4-7-10-8-5-6-9-10;2*1-8-7-5-3-2-4-6-7;/h2*5-6,8-9H,2-4,7H2,1H3;2*3-6H,1H3;/q4*-1;+4. The van der Waals surface area contributed by atoms with Gasteiger partial charge in [-0.15, -0.1) is 24.3 Å². The van der Waals surface area contributed by atoms with E-state index < -0.39 is 0 Å². The first kappa shape index (κ1) is 34.5. The van der Waals surface area contributed by atoms with E-state index in [2.05, 4.69) is 74.5 Å². The molecule has 0 heterocycles. The van der Waals surface area contributed by atoms with Gasteiger partial charge in [0.2, 0.25) is 0 Å². The van der Waals surface area contributed by atoms with E-state index in [1.54, 1.807) is 14.2 Å². The molecule has 37 heavy (non-hydrogen) atoms. The molecule has 0 atom stereocenters. The molecule has 0 aliphatic heterocycles. The van der Waals surface area contributed by atoms with Gasteiger partial charge in [0, 0.05) is 11.5 Å². The van der Waals surface area contributed by atoms with Gasteiger partial charge in [-0.2, -0.15) is 71.8 Å². The van der Waals surface area contributed by atoms with E-state index in [0.717, 1.165) is 11.5 Å². The number of hydrogen-bond donors (Lipinski definition) is 0. The van der Waals surface area contributed by atoms with Crippen LogP contribution in [0.3, 0.4) is 0 Å². The molecule has 3 heteroatoms. The minimum Gasteiger partial charge on any atom is -0.522 e. The Morgan fingerprint density at radius 2 is 0.892 bits per heavy atom. The molecule has 2 nitrogen and oxygen atoms in total. The Balaban J connectivity index is 0.000000465. The number of unbranched alkanes of at least 4 members (excludes halogenated alkanes) is 4. The van der Waals surface area contributed by atoms with E-state index in [-0.39, 0.29) is 21.7 Å². The molecule has 0 radical (unpaired) electrons. The van der Waals surface area contributed by atoms with Crippen LogP contribution >= 0.6 is 0 Å². The average Bonchev–Trinajstić information content (AvgIpc) is 3.66. The molecule has 4 rings (SSSR count).